The molecule has 9 nitrogen and oxygen atoms in total. The quantitative estimate of drug-likeness (QED) is 0.640. The monoisotopic (exact) mass is 494 g/mol. The fourth-order valence-electron chi connectivity index (χ4n) is 3.52. The molecule has 0 atom stereocenters. The zero-order valence-corrected chi connectivity index (χ0v) is 18.4. The van der Waals surface area contributed by atoms with Gasteiger partial charge in [0.05, 0.1) is 4.90 Å². The van der Waals surface area contributed by atoms with Gasteiger partial charge in [0.15, 0.2) is 0 Å². The number of rotatable bonds is 4. The molecule has 2 fully saturated rings. The standard InChI is InChI=1S/C16H23BrN4O5S2/c17-14-1-3-15(4-2-14)27(23,24)20-11-9-19(10-12-20)16(22)13-5-7-21(8-6-13)28(18,25)26/h1-4,13H,5-12H2,(H2,18,25,26). The Bertz CT molecular complexity index is 920. The van der Waals surface area contributed by atoms with E-state index < -0.39 is 20.2 Å². The molecular formula is C16H23BrN4O5S2. The van der Waals surface area contributed by atoms with Gasteiger partial charge in [0.25, 0.3) is 10.2 Å². The summed E-state index contributed by atoms with van der Waals surface area (Å²) in [5.41, 5.74) is 0. The van der Waals surface area contributed by atoms with Crippen molar-refractivity contribution in [3.8, 4) is 0 Å². The second-order valence-electron chi connectivity index (χ2n) is 6.90. The van der Waals surface area contributed by atoms with Crippen molar-refractivity contribution >= 4 is 42.1 Å². The van der Waals surface area contributed by atoms with Crippen LogP contribution in [0.2, 0.25) is 0 Å². The normalized spacial score (nSPS) is 21.0. The number of nitrogens with zero attached hydrogens (tertiary/aromatic N) is 3. The van der Waals surface area contributed by atoms with Crippen molar-refractivity contribution in [2.75, 3.05) is 39.3 Å². The Morgan fingerprint density at radius 2 is 1.43 bits per heavy atom. The van der Waals surface area contributed by atoms with Crippen LogP contribution in [0.25, 0.3) is 0 Å². The fraction of sp³-hybridized carbons (Fsp3) is 0.562. The Hall–Kier alpha value is -1.05. The second kappa shape index (κ2) is 8.36. The summed E-state index contributed by atoms with van der Waals surface area (Å²) in [5, 5.41) is 5.12. The molecule has 156 valence electrons. The van der Waals surface area contributed by atoms with E-state index in [0.29, 0.717) is 25.9 Å². The number of halogens is 1. The molecule has 2 N–H and O–H groups in total. The first-order valence-electron chi connectivity index (χ1n) is 8.91. The van der Waals surface area contributed by atoms with Gasteiger partial charge in [-0.15, -0.1) is 0 Å². The number of hydrogen-bond acceptors (Lipinski definition) is 5. The first-order chi connectivity index (χ1) is 13.1. The van der Waals surface area contributed by atoms with Gasteiger partial charge < -0.3 is 4.90 Å². The van der Waals surface area contributed by atoms with E-state index in [1.165, 1.54) is 8.61 Å². The van der Waals surface area contributed by atoms with Gasteiger partial charge in [0, 0.05) is 49.7 Å². The van der Waals surface area contributed by atoms with Crippen LogP contribution < -0.4 is 5.14 Å². The fourth-order valence-corrected chi connectivity index (χ4v) is 5.93. The van der Waals surface area contributed by atoms with E-state index in [1.807, 2.05) is 0 Å². The molecule has 0 aromatic heterocycles. The van der Waals surface area contributed by atoms with Crippen LogP contribution in [0.5, 0.6) is 0 Å². The number of carbonyl (C=O) groups is 1. The predicted molar refractivity (Wildman–Crippen MR) is 107 cm³/mol. The summed E-state index contributed by atoms with van der Waals surface area (Å²) in [6.07, 6.45) is 0.847. The highest BCUT2D eigenvalue weighted by Crippen LogP contribution is 2.23. The van der Waals surface area contributed by atoms with Gasteiger partial charge in [-0.2, -0.15) is 17.0 Å². The van der Waals surface area contributed by atoms with Crippen LogP contribution in [0.3, 0.4) is 0 Å². The third-order valence-electron chi connectivity index (χ3n) is 5.16. The lowest BCUT2D eigenvalue weighted by atomic mass is 9.96. The molecule has 0 radical (unpaired) electrons. The Morgan fingerprint density at radius 1 is 0.893 bits per heavy atom. The zero-order valence-electron chi connectivity index (χ0n) is 15.2. The van der Waals surface area contributed by atoms with Crippen molar-refractivity contribution in [3.63, 3.8) is 0 Å². The Kier molecular flexibility index (Phi) is 6.47. The van der Waals surface area contributed by atoms with Crippen molar-refractivity contribution in [1.82, 2.24) is 13.5 Å². The minimum absolute atomic E-state index is 0.0465. The van der Waals surface area contributed by atoms with E-state index >= 15 is 0 Å². The van der Waals surface area contributed by atoms with E-state index in [1.54, 1.807) is 29.2 Å². The summed E-state index contributed by atoms with van der Waals surface area (Å²) < 4.78 is 51.6. The summed E-state index contributed by atoms with van der Waals surface area (Å²) >= 11 is 3.29. The average Bonchev–Trinajstić information content (AvgIpc) is 2.67. The molecule has 1 aromatic rings. The van der Waals surface area contributed by atoms with Gasteiger partial charge in [-0.25, -0.2) is 13.6 Å². The first kappa shape index (κ1) is 21.7. The van der Waals surface area contributed by atoms with Crippen molar-refractivity contribution < 1.29 is 21.6 Å². The van der Waals surface area contributed by atoms with Crippen LogP contribution >= 0.6 is 15.9 Å². The molecule has 0 unspecified atom stereocenters. The highest BCUT2D eigenvalue weighted by molar-refractivity contribution is 9.10. The van der Waals surface area contributed by atoms with E-state index in [-0.39, 0.29) is 42.9 Å². The number of hydrogen-bond donors (Lipinski definition) is 1. The van der Waals surface area contributed by atoms with Crippen LogP contribution in [-0.4, -0.2) is 75.5 Å². The van der Waals surface area contributed by atoms with Crippen molar-refractivity contribution in [2.45, 2.75) is 17.7 Å². The van der Waals surface area contributed by atoms with Crippen molar-refractivity contribution in [3.05, 3.63) is 28.7 Å². The molecule has 0 aliphatic carbocycles. The van der Waals surface area contributed by atoms with Crippen molar-refractivity contribution in [2.24, 2.45) is 11.1 Å². The molecule has 28 heavy (non-hydrogen) atoms. The smallest absolute Gasteiger partial charge is 0.276 e. The maximum absolute atomic E-state index is 12.7. The summed E-state index contributed by atoms with van der Waals surface area (Å²) in [4.78, 5) is 14.6. The number of carbonyl (C=O) groups excluding carboxylic acids is 1. The number of amides is 1. The zero-order chi connectivity index (χ0) is 20.5. The van der Waals surface area contributed by atoms with Gasteiger partial charge in [-0.1, -0.05) is 15.9 Å². The molecule has 0 bridgehead atoms. The molecule has 2 aliphatic heterocycles. The predicted octanol–water partition coefficient (Wildman–Crippen LogP) is 0.198. The maximum Gasteiger partial charge on any atom is 0.276 e. The van der Waals surface area contributed by atoms with E-state index in [0.717, 1.165) is 4.47 Å². The molecule has 2 aliphatic rings. The van der Waals surface area contributed by atoms with Gasteiger partial charge in [0.2, 0.25) is 15.9 Å². The van der Waals surface area contributed by atoms with Gasteiger partial charge >= 0.3 is 0 Å². The lowest BCUT2D eigenvalue weighted by Crippen LogP contribution is -2.53. The average molecular weight is 495 g/mol. The number of sulfonamides is 1. The summed E-state index contributed by atoms with van der Waals surface area (Å²) in [6.45, 7) is 1.58. The lowest BCUT2D eigenvalue weighted by Gasteiger charge is -2.37. The van der Waals surface area contributed by atoms with E-state index in [2.05, 4.69) is 15.9 Å². The molecule has 1 amide bonds. The molecular weight excluding hydrogens is 472 g/mol. The van der Waals surface area contributed by atoms with Gasteiger partial charge in [-0.3, -0.25) is 4.79 Å². The number of piperazine rings is 1. The molecule has 2 saturated heterocycles. The molecule has 3 rings (SSSR count). The van der Waals surface area contributed by atoms with Crippen LogP contribution in [0.1, 0.15) is 12.8 Å². The molecule has 2 heterocycles. The van der Waals surface area contributed by atoms with E-state index in [4.69, 9.17) is 5.14 Å². The third-order valence-corrected chi connectivity index (χ3v) is 8.69. The first-order valence-corrected chi connectivity index (χ1v) is 12.6. The molecule has 0 spiro atoms. The Balaban J connectivity index is 1.56. The topological polar surface area (TPSA) is 121 Å². The maximum atomic E-state index is 12.7. The largest absolute Gasteiger partial charge is 0.340 e. The highest BCUT2D eigenvalue weighted by Gasteiger charge is 2.35. The summed E-state index contributed by atoms with van der Waals surface area (Å²) in [7, 11) is -7.31. The summed E-state index contributed by atoms with van der Waals surface area (Å²) in [6, 6.07) is 6.47. The molecule has 1 aromatic carbocycles. The number of piperidine rings is 1. The molecule has 12 heteroatoms. The number of benzene rings is 1. The third kappa shape index (κ3) is 4.74. The summed E-state index contributed by atoms with van der Waals surface area (Å²) in [5.74, 6) is -0.303. The number of nitrogens with two attached hydrogens (primary N) is 1. The van der Waals surface area contributed by atoms with E-state index in [9.17, 15) is 21.6 Å². The van der Waals surface area contributed by atoms with Crippen LogP contribution in [0.15, 0.2) is 33.6 Å². The second-order valence-corrected chi connectivity index (χ2v) is 11.3. The molecule has 0 saturated carbocycles. The minimum atomic E-state index is -3.72. The lowest BCUT2D eigenvalue weighted by molar-refractivity contribution is -0.137. The van der Waals surface area contributed by atoms with Crippen LogP contribution in [-0.2, 0) is 25.0 Å². The Labute approximate surface area is 173 Å². The van der Waals surface area contributed by atoms with Crippen LogP contribution in [0.4, 0.5) is 0 Å². The SMILES string of the molecule is NS(=O)(=O)N1CCC(C(=O)N2CCN(S(=O)(=O)c3ccc(Br)cc3)CC2)CC1. The van der Waals surface area contributed by atoms with Crippen LogP contribution in [0, 0.1) is 5.92 Å². The highest BCUT2D eigenvalue weighted by atomic mass is 79.9. The van der Waals surface area contributed by atoms with Crippen molar-refractivity contribution in [1.29, 1.82) is 0 Å². The van der Waals surface area contributed by atoms with Gasteiger partial charge in [-0.05, 0) is 37.1 Å². The Morgan fingerprint density at radius 3 is 1.93 bits per heavy atom. The van der Waals surface area contributed by atoms with Gasteiger partial charge in [0.1, 0.15) is 0 Å². The minimum Gasteiger partial charge on any atom is -0.340 e.